The van der Waals surface area contributed by atoms with Gasteiger partial charge in [0.05, 0.1) is 9.26 Å². The molecule has 2 aromatic rings. The maximum atomic E-state index is 12.0. The molecule has 4 heteroatoms. The number of aryl methyl sites for hydroxylation is 3. The molecule has 0 aliphatic rings. The number of halogens is 1. The summed E-state index contributed by atoms with van der Waals surface area (Å²) in [7, 11) is 0. The summed E-state index contributed by atoms with van der Waals surface area (Å²) in [6.45, 7) is 6.17. The zero-order valence-electron chi connectivity index (χ0n) is 11.4. The molecule has 0 spiro atoms. The summed E-state index contributed by atoms with van der Waals surface area (Å²) in [6, 6.07) is 6.19. The molecule has 100 valence electrons. The Morgan fingerprint density at radius 2 is 2.05 bits per heavy atom. The average molecular weight is 368 g/mol. The lowest BCUT2D eigenvalue weighted by Gasteiger charge is -2.09. The van der Waals surface area contributed by atoms with Gasteiger partial charge in [-0.1, -0.05) is 31.0 Å². The summed E-state index contributed by atoms with van der Waals surface area (Å²) in [5.74, 6) is 0.676. The standard InChI is InChI=1S/C15H17IN2O/c1-4-5-12-13(16)15(19)18-14(17-12)11-8-9(2)6-7-10(11)3/h6-8H,4-5H2,1-3H3,(H,17,18,19). The van der Waals surface area contributed by atoms with Crippen molar-refractivity contribution in [3.05, 3.63) is 48.9 Å². The van der Waals surface area contributed by atoms with Crippen LogP contribution < -0.4 is 5.56 Å². The average Bonchev–Trinajstić information content (AvgIpc) is 2.38. The van der Waals surface area contributed by atoms with E-state index in [-0.39, 0.29) is 5.56 Å². The highest BCUT2D eigenvalue weighted by Gasteiger charge is 2.11. The number of H-pyrrole nitrogens is 1. The Bertz CT molecular complexity index is 662. The summed E-state index contributed by atoms with van der Waals surface area (Å²) >= 11 is 2.07. The van der Waals surface area contributed by atoms with Crippen LogP contribution in [0, 0.1) is 17.4 Å². The molecule has 0 saturated carbocycles. The van der Waals surface area contributed by atoms with Gasteiger partial charge >= 0.3 is 0 Å². The van der Waals surface area contributed by atoms with Gasteiger partial charge in [0.2, 0.25) is 0 Å². The van der Waals surface area contributed by atoms with Crippen molar-refractivity contribution >= 4 is 22.6 Å². The van der Waals surface area contributed by atoms with Crippen LogP contribution in [-0.4, -0.2) is 9.97 Å². The third kappa shape index (κ3) is 3.05. The van der Waals surface area contributed by atoms with Crippen LogP contribution in [0.25, 0.3) is 11.4 Å². The zero-order valence-corrected chi connectivity index (χ0v) is 13.5. The van der Waals surface area contributed by atoms with Crippen LogP contribution in [0.4, 0.5) is 0 Å². The normalized spacial score (nSPS) is 10.7. The molecular weight excluding hydrogens is 351 g/mol. The molecule has 0 aliphatic carbocycles. The van der Waals surface area contributed by atoms with Gasteiger partial charge in [0.15, 0.2) is 0 Å². The summed E-state index contributed by atoms with van der Waals surface area (Å²) in [5, 5.41) is 0. The highest BCUT2D eigenvalue weighted by molar-refractivity contribution is 14.1. The van der Waals surface area contributed by atoms with E-state index in [9.17, 15) is 4.79 Å². The monoisotopic (exact) mass is 368 g/mol. The van der Waals surface area contributed by atoms with Crippen LogP contribution in [-0.2, 0) is 6.42 Å². The first-order valence-corrected chi connectivity index (χ1v) is 7.47. The van der Waals surface area contributed by atoms with Gasteiger partial charge in [-0.05, 0) is 54.5 Å². The minimum Gasteiger partial charge on any atom is -0.306 e. The van der Waals surface area contributed by atoms with E-state index in [0.29, 0.717) is 9.39 Å². The topological polar surface area (TPSA) is 45.8 Å². The van der Waals surface area contributed by atoms with Crippen molar-refractivity contribution in [2.45, 2.75) is 33.6 Å². The Morgan fingerprint density at radius 3 is 2.74 bits per heavy atom. The molecular formula is C15H17IN2O. The van der Waals surface area contributed by atoms with E-state index in [1.54, 1.807) is 0 Å². The van der Waals surface area contributed by atoms with Crippen molar-refractivity contribution in [1.29, 1.82) is 0 Å². The molecule has 0 amide bonds. The zero-order chi connectivity index (χ0) is 14.0. The van der Waals surface area contributed by atoms with Gasteiger partial charge in [-0.25, -0.2) is 4.98 Å². The fourth-order valence-corrected chi connectivity index (χ4v) is 2.55. The Balaban J connectivity index is 2.62. The molecule has 2 rings (SSSR count). The van der Waals surface area contributed by atoms with E-state index in [0.717, 1.165) is 29.7 Å². The summed E-state index contributed by atoms with van der Waals surface area (Å²) in [5.41, 5.74) is 4.14. The Morgan fingerprint density at radius 1 is 1.32 bits per heavy atom. The Hall–Kier alpha value is -1.17. The number of aromatic nitrogens is 2. The van der Waals surface area contributed by atoms with E-state index >= 15 is 0 Å². The third-order valence-corrected chi connectivity index (χ3v) is 4.18. The summed E-state index contributed by atoms with van der Waals surface area (Å²) in [6.07, 6.45) is 1.82. The van der Waals surface area contributed by atoms with Gasteiger partial charge in [-0.2, -0.15) is 0 Å². The van der Waals surface area contributed by atoms with E-state index < -0.39 is 0 Å². The Labute approximate surface area is 126 Å². The molecule has 1 aromatic carbocycles. The highest BCUT2D eigenvalue weighted by atomic mass is 127. The molecule has 1 N–H and O–H groups in total. The Kier molecular flexibility index (Phi) is 4.39. The highest BCUT2D eigenvalue weighted by Crippen LogP contribution is 2.21. The first-order valence-electron chi connectivity index (χ1n) is 6.39. The summed E-state index contributed by atoms with van der Waals surface area (Å²) < 4.78 is 0.702. The van der Waals surface area contributed by atoms with Gasteiger partial charge in [0.25, 0.3) is 5.56 Å². The minimum absolute atomic E-state index is 0.0463. The molecule has 0 fully saturated rings. The van der Waals surface area contributed by atoms with E-state index in [4.69, 9.17) is 0 Å². The van der Waals surface area contributed by atoms with Crippen LogP contribution in [0.3, 0.4) is 0 Å². The molecule has 1 heterocycles. The molecule has 0 unspecified atom stereocenters. The second kappa shape index (κ2) is 5.86. The molecule has 0 saturated heterocycles. The fraction of sp³-hybridized carbons (Fsp3) is 0.333. The van der Waals surface area contributed by atoms with Crippen molar-refractivity contribution in [2.24, 2.45) is 0 Å². The molecule has 19 heavy (non-hydrogen) atoms. The number of rotatable bonds is 3. The summed E-state index contributed by atoms with van der Waals surface area (Å²) in [4.78, 5) is 19.5. The third-order valence-electron chi connectivity index (χ3n) is 3.07. The predicted octanol–water partition coefficient (Wildman–Crippen LogP) is 3.61. The van der Waals surface area contributed by atoms with Crippen molar-refractivity contribution in [2.75, 3.05) is 0 Å². The lowest BCUT2D eigenvalue weighted by atomic mass is 10.0. The molecule has 3 nitrogen and oxygen atoms in total. The number of benzene rings is 1. The first-order chi connectivity index (χ1) is 9.02. The first kappa shape index (κ1) is 14.2. The van der Waals surface area contributed by atoms with Crippen LogP contribution in [0.1, 0.15) is 30.2 Å². The maximum Gasteiger partial charge on any atom is 0.264 e. The predicted molar refractivity (Wildman–Crippen MR) is 86.5 cm³/mol. The van der Waals surface area contributed by atoms with Gasteiger partial charge in [0, 0.05) is 5.56 Å². The van der Waals surface area contributed by atoms with E-state index in [2.05, 4.69) is 57.7 Å². The largest absolute Gasteiger partial charge is 0.306 e. The molecule has 0 radical (unpaired) electrons. The number of nitrogens with one attached hydrogen (secondary N) is 1. The molecule has 0 bridgehead atoms. The second-order valence-electron chi connectivity index (χ2n) is 4.74. The van der Waals surface area contributed by atoms with E-state index in [1.807, 2.05) is 13.8 Å². The number of hydrogen-bond acceptors (Lipinski definition) is 2. The minimum atomic E-state index is -0.0463. The maximum absolute atomic E-state index is 12.0. The van der Waals surface area contributed by atoms with Gasteiger partial charge in [-0.15, -0.1) is 0 Å². The van der Waals surface area contributed by atoms with Crippen molar-refractivity contribution < 1.29 is 0 Å². The number of nitrogens with zero attached hydrogens (tertiary/aromatic N) is 1. The van der Waals surface area contributed by atoms with Gasteiger partial charge < -0.3 is 4.98 Å². The lowest BCUT2D eigenvalue weighted by molar-refractivity contribution is 0.860. The number of aromatic amines is 1. The lowest BCUT2D eigenvalue weighted by Crippen LogP contribution is -2.16. The van der Waals surface area contributed by atoms with Crippen LogP contribution in [0.5, 0.6) is 0 Å². The van der Waals surface area contributed by atoms with Crippen molar-refractivity contribution in [3.63, 3.8) is 0 Å². The molecule has 0 atom stereocenters. The second-order valence-corrected chi connectivity index (χ2v) is 5.82. The molecule has 0 aliphatic heterocycles. The van der Waals surface area contributed by atoms with Gasteiger partial charge in [0.1, 0.15) is 5.82 Å². The van der Waals surface area contributed by atoms with Crippen LogP contribution in [0.15, 0.2) is 23.0 Å². The number of hydrogen-bond donors (Lipinski definition) is 1. The smallest absolute Gasteiger partial charge is 0.264 e. The molecule has 1 aromatic heterocycles. The van der Waals surface area contributed by atoms with Crippen molar-refractivity contribution in [1.82, 2.24) is 9.97 Å². The van der Waals surface area contributed by atoms with Gasteiger partial charge in [-0.3, -0.25) is 4.79 Å². The van der Waals surface area contributed by atoms with E-state index in [1.165, 1.54) is 5.56 Å². The van der Waals surface area contributed by atoms with Crippen molar-refractivity contribution in [3.8, 4) is 11.4 Å². The fourth-order valence-electron chi connectivity index (χ4n) is 2.03. The SMILES string of the molecule is CCCc1nc(-c2cc(C)ccc2C)[nH]c(=O)c1I. The quantitative estimate of drug-likeness (QED) is 0.842. The van der Waals surface area contributed by atoms with Crippen LogP contribution in [0.2, 0.25) is 0 Å². The van der Waals surface area contributed by atoms with Crippen LogP contribution >= 0.6 is 22.6 Å².